The van der Waals surface area contributed by atoms with Gasteiger partial charge in [-0.1, -0.05) is 11.6 Å². The molecule has 0 saturated carbocycles. The molecule has 2 N–H and O–H groups in total. The molecule has 0 aliphatic carbocycles. The lowest BCUT2D eigenvalue weighted by Gasteiger charge is -2.14. The monoisotopic (exact) mass is 232 g/mol. The third kappa shape index (κ3) is 2.27. The highest BCUT2D eigenvalue weighted by Crippen LogP contribution is 2.41. The van der Waals surface area contributed by atoms with Crippen molar-refractivity contribution < 1.29 is 19.7 Å². The molecule has 84 valence electrons. The fraction of sp³-hybridized carbons (Fsp3) is 0.400. The first-order valence-electron chi connectivity index (χ1n) is 4.38. The van der Waals surface area contributed by atoms with Crippen LogP contribution in [0, 0.1) is 0 Å². The van der Waals surface area contributed by atoms with Crippen LogP contribution in [-0.2, 0) is 6.42 Å². The molecule has 0 fully saturated rings. The van der Waals surface area contributed by atoms with Crippen molar-refractivity contribution >= 4 is 11.6 Å². The normalized spacial score (nSPS) is 10.1. The van der Waals surface area contributed by atoms with E-state index < -0.39 is 0 Å². The number of aromatic hydroxyl groups is 1. The van der Waals surface area contributed by atoms with Crippen LogP contribution in [0.1, 0.15) is 5.56 Å². The average Bonchev–Trinajstić information content (AvgIpc) is 2.24. The Hall–Kier alpha value is -1.13. The van der Waals surface area contributed by atoms with Gasteiger partial charge in [0.25, 0.3) is 0 Å². The van der Waals surface area contributed by atoms with Crippen molar-refractivity contribution in [3.05, 3.63) is 16.7 Å². The molecule has 1 rings (SSSR count). The summed E-state index contributed by atoms with van der Waals surface area (Å²) < 4.78 is 10.2. The Labute approximate surface area is 93.0 Å². The van der Waals surface area contributed by atoms with Crippen molar-refractivity contribution in [1.29, 1.82) is 0 Å². The lowest BCUT2D eigenvalue weighted by atomic mass is 10.1. The summed E-state index contributed by atoms with van der Waals surface area (Å²) in [5.41, 5.74) is 0.540. The van der Waals surface area contributed by atoms with Crippen LogP contribution < -0.4 is 9.47 Å². The van der Waals surface area contributed by atoms with Crippen LogP contribution in [-0.4, -0.2) is 31.0 Å². The fourth-order valence-corrected chi connectivity index (χ4v) is 1.60. The number of phenols is 1. The zero-order chi connectivity index (χ0) is 11.4. The van der Waals surface area contributed by atoms with Crippen LogP contribution in [0.3, 0.4) is 0 Å². The average molecular weight is 233 g/mol. The Morgan fingerprint density at radius 3 is 2.47 bits per heavy atom. The number of methoxy groups -OCH3 is 2. The molecule has 5 heteroatoms. The molecule has 15 heavy (non-hydrogen) atoms. The number of ether oxygens (including phenoxy) is 2. The van der Waals surface area contributed by atoms with Gasteiger partial charge in [-0.15, -0.1) is 0 Å². The van der Waals surface area contributed by atoms with E-state index >= 15 is 0 Å². The third-order valence-corrected chi connectivity index (χ3v) is 2.46. The van der Waals surface area contributed by atoms with E-state index in [1.807, 2.05) is 0 Å². The molecule has 0 aliphatic rings. The highest BCUT2D eigenvalue weighted by atomic mass is 35.5. The van der Waals surface area contributed by atoms with Gasteiger partial charge in [0.2, 0.25) is 0 Å². The molecule has 1 aromatic rings. The van der Waals surface area contributed by atoms with E-state index in [1.54, 1.807) is 0 Å². The summed E-state index contributed by atoms with van der Waals surface area (Å²) >= 11 is 5.89. The van der Waals surface area contributed by atoms with Crippen molar-refractivity contribution in [3.63, 3.8) is 0 Å². The van der Waals surface area contributed by atoms with Crippen LogP contribution in [0.5, 0.6) is 17.2 Å². The summed E-state index contributed by atoms with van der Waals surface area (Å²) in [5.74, 6) is 0.745. The Kier molecular flexibility index (Phi) is 4.05. The Bertz CT molecular complexity index is 352. The summed E-state index contributed by atoms with van der Waals surface area (Å²) in [6.07, 6.45) is 0.298. The maximum absolute atomic E-state index is 9.51. The molecule has 0 aromatic heterocycles. The van der Waals surface area contributed by atoms with Gasteiger partial charge < -0.3 is 19.7 Å². The molecular weight excluding hydrogens is 220 g/mol. The SMILES string of the molecule is COc1cc(O)c(Cl)c(CCO)c1OC. The van der Waals surface area contributed by atoms with Crippen molar-refractivity contribution in [3.8, 4) is 17.2 Å². The molecule has 0 aliphatic heterocycles. The van der Waals surface area contributed by atoms with Gasteiger partial charge in [0, 0.05) is 24.7 Å². The van der Waals surface area contributed by atoms with Gasteiger partial charge in [-0.25, -0.2) is 0 Å². The summed E-state index contributed by atoms with van der Waals surface area (Å²) in [4.78, 5) is 0. The smallest absolute Gasteiger partial charge is 0.165 e. The van der Waals surface area contributed by atoms with Crippen molar-refractivity contribution in [2.75, 3.05) is 20.8 Å². The number of halogens is 1. The second-order valence-electron chi connectivity index (χ2n) is 2.90. The maximum atomic E-state index is 9.51. The van der Waals surface area contributed by atoms with Crippen molar-refractivity contribution in [1.82, 2.24) is 0 Å². The standard InChI is InChI=1S/C10H13ClO4/c1-14-8-5-7(13)9(11)6(3-4-12)10(8)15-2/h5,12-13H,3-4H2,1-2H3. The van der Waals surface area contributed by atoms with Gasteiger partial charge in [0.05, 0.1) is 19.2 Å². The summed E-state index contributed by atoms with van der Waals surface area (Å²) in [5, 5.41) is 18.6. The summed E-state index contributed by atoms with van der Waals surface area (Å²) in [6, 6.07) is 1.38. The number of phenolic OH excluding ortho intramolecular Hbond substituents is 1. The molecule has 0 saturated heterocycles. The Morgan fingerprint density at radius 2 is 2.00 bits per heavy atom. The topological polar surface area (TPSA) is 58.9 Å². The minimum atomic E-state index is -0.0854. The first kappa shape index (κ1) is 11.9. The predicted molar refractivity (Wildman–Crippen MR) is 57.0 cm³/mol. The fourth-order valence-electron chi connectivity index (χ4n) is 1.37. The van der Waals surface area contributed by atoms with E-state index in [0.29, 0.717) is 23.5 Å². The van der Waals surface area contributed by atoms with Crippen molar-refractivity contribution in [2.45, 2.75) is 6.42 Å². The first-order chi connectivity index (χ1) is 7.15. The number of aliphatic hydroxyl groups excluding tert-OH is 1. The molecule has 0 atom stereocenters. The van der Waals surface area contributed by atoms with Crippen LogP contribution in [0.25, 0.3) is 0 Å². The van der Waals surface area contributed by atoms with Crippen LogP contribution >= 0.6 is 11.6 Å². The summed E-state index contributed by atoms with van der Waals surface area (Å²) in [6.45, 7) is -0.0807. The Morgan fingerprint density at radius 1 is 1.33 bits per heavy atom. The molecule has 0 bridgehead atoms. The van der Waals surface area contributed by atoms with Gasteiger partial charge in [-0.2, -0.15) is 0 Å². The van der Waals surface area contributed by atoms with E-state index in [2.05, 4.69) is 0 Å². The number of benzene rings is 1. The minimum Gasteiger partial charge on any atom is -0.506 e. The summed E-state index contributed by atoms with van der Waals surface area (Å²) in [7, 11) is 2.94. The minimum absolute atomic E-state index is 0.0807. The van der Waals surface area contributed by atoms with E-state index in [9.17, 15) is 5.11 Å². The number of hydrogen-bond donors (Lipinski definition) is 2. The van der Waals surface area contributed by atoms with Gasteiger partial charge in [0.1, 0.15) is 5.75 Å². The van der Waals surface area contributed by atoms with E-state index in [0.717, 1.165) is 0 Å². The highest BCUT2D eigenvalue weighted by molar-refractivity contribution is 6.33. The van der Waals surface area contributed by atoms with Gasteiger partial charge in [-0.3, -0.25) is 0 Å². The first-order valence-corrected chi connectivity index (χ1v) is 4.76. The lowest BCUT2D eigenvalue weighted by molar-refractivity contribution is 0.294. The number of rotatable bonds is 4. The molecule has 0 heterocycles. The van der Waals surface area contributed by atoms with Gasteiger partial charge in [0.15, 0.2) is 11.5 Å². The third-order valence-electron chi connectivity index (χ3n) is 2.04. The van der Waals surface area contributed by atoms with E-state index in [-0.39, 0.29) is 17.4 Å². The highest BCUT2D eigenvalue weighted by Gasteiger charge is 2.17. The molecule has 0 radical (unpaired) electrons. The van der Waals surface area contributed by atoms with Crippen LogP contribution in [0.4, 0.5) is 0 Å². The molecule has 0 spiro atoms. The largest absolute Gasteiger partial charge is 0.506 e. The molecule has 0 unspecified atom stereocenters. The van der Waals surface area contributed by atoms with Crippen LogP contribution in [0.2, 0.25) is 5.02 Å². The number of aliphatic hydroxyl groups is 1. The van der Waals surface area contributed by atoms with Gasteiger partial charge in [-0.05, 0) is 0 Å². The zero-order valence-corrected chi connectivity index (χ0v) is 9.34. The quantitative estimate of drug-likeness (QED) is 0.828. The molecule has 1 aromatic carbocycles. The van der Waals surface area contributed by atoms with Gasteiger partial charge >= 0.3 is 0 Å². The van der Waals surface area contributed by atoms with E-state index in [1.165, 1.54) is 20.3 Å². The zero-order valence-electron chi connectivity index (χ0n) is 8.58. The van der Waals surface area contributed by atoms with Crippen LogP contribution in [0.15, 0.2) is 6.07 Å². The molecule has 4 nitrogen and oxygen atoms in total. The molecule has 0 amide bonds. The second kappa shape index (κ2) is 5.09. The molecular formula is C10H13ClO4. The maximum Gasteiger partial charge on any atom is 0.165 e. The lowest BCUT2D eigenvalue weighted by Crippen LogP contribution is -2.00. The predicted octanol–water partition coefficient (Wildman–Crippen LogP) is 1.60. The Balaban J connectivity index is 3.35. The second-order valence-corrected chi connectivity index (χ2v) is 3.28. The number of hydrogen-bond acceptors (Lipinski definition) is 4. The van der Waals surface area contributed by atoms with Crippen molar-refractivity contribution in [2.24, 2.45) is 0 Å². The van der Waals surface area contributed by atoms with E-state index in [4.69, 9.17) is 26.2 Å².